The fourth-order valence-corrected chi connectivity index (χ4v) is 3.75. The van der Waals surface area contributed by atoms with Crippen molar-refractivity contribution in [3.63, 3.8) is 0 Å². The van der Waals surface area contributed by atoms with E-state index in [1.54, 1.807) is 29.2 Å². The lowest BCUT2D eigenvalue weighted by atomic mass is 10.1. The SMILES string of the molecule is CCOCCCNC(=O)c1cccc(NC(=O)C2CC(=O)N(c3cccc(C)c3C)C2)c1. The van der Waals surface area contributed by atoms with E-state index in [4.69, 9.17) is 4.74 Å². The summed E-state index contributed by atoms with van der Waals surface area (Å²) in [5.41, 5.74) is 4.01. The number of nitrogens with one attached hydrogen (secondary N) is 2. The van der Waals surface area contributed by atoms with E-state index in [0.717, 1.165) is 23.2 Å². The summed E-state index contributed by atoms with van der Waals surface area (Å²) in [4.78, 5) is 39.5. The molecule has 7 nitrogen and oxygen atoms in total. The van der Waals surface area contributed by atoms with Crippen LogP contribution in [0.5, 0.6) is 0 Å². The van der Waals surface area contributed by atoms with Crippen molar-refractivity contribution in [1.82, 2.24) is 5.32 Å². The summed E-state index contributed by atoms with van der Waals surface area (Å²) in [6, 6.07) is 12.7. The second kappa shape index (κ2) is 10.9. The molecule has 0 radical (unpaired) electrons. The van der Waals surface area contributed by atoms with Crippen molar-refractivity contribution in [2.24, 2.45) is 5.92 Å². The van der Waals surface area contributed by atoms with Gasteiger partial charge in [0.25, 0.3) is 5.91 Å². The Morgan fingerprint density at radius 3 is 2.72 bits per heavy atom. The molecule has 0 spiro atoms. The van der Waals surface area contributed by atoms with Crippen molar-refractivity contribution in [3.05, 3.63) is 59.2 Å². The second-order valence-corrected chi connectivity index (χ2v) is 8.00. The third kappa shape index (κ3) is 5.73. The van der Waals surface area contributed by atoms with Crippen molar-refractivity contribution in [3.8, 4) is 0 Å². The molecule has 1 aliphatic rings. The third-order valence-electron chi connectivity index (χ3n) is 5.71. The van der Waals surface area contributed by atoms with Gasteiger partial charge in [-0.05, 0) is 62.6 Å². The smallest absolute Gasteiger partial charge is 0.251 e. The average molecular weight is 438 g/mol. The summed E-state index contributed by atoms with van der Waals surface area (Å²) >= 11 is 0. The molecule has 3 rings (SSSR count). The van der Waals surface area contributed by atoms with Crippen LogP contribution in [0.2, 0.25) is 0 Å². The lowest BCUT2D eigenvalue weighted by Crippen LogP contribution is -2.29. The molecule has 2 N–H and O–H groups in total. The normalized spacial score (nSPS) is 15.7. The third-order valence-corrected chi connectivity index (χ3v) is 5.71. The van der Waals surface area contributed by atoms with Gasteiger partial charge in [-0.25, -0.2) is 0 Å². The van der Waals surface area contributed by atoms with E-state index in [-0.39, 0.29) is 24.1 Å². The molecule has 0 saturated carbocycles. The highest BCUT2D eigenvalue weighted by atomic mass is 16.5. The summed E-state index contributed by atoms with van der Waals surface area (Å²) in [5.74, 6) is -0.923. The van der Waals surface area contributed by atoms with Crippen molar-refractivity contribution in [2.45, 2.75) is 33.6 Å². The maximum atomic E-state index is 12.8. The summed E-state index contributed by atoms with van der Waals surface area (Å²) in [5, 5.41) is 5.71. The van der Waals surface area contributed by atoms with Gasteiger partial charge >= 0.3 is 0 Å². The molecule has 0 aliphatic carbocycles. The second-order valence-electron chi connectivity index (χ2n) is 8.00. The first-order valence-electron chi connectivity index (χ1n) is 11.0. The Labute approximate surface area is 189 Å². The van der Waals surface area contributed by atoms with E-state index < -0.39 is 5.92 Å². The molecule has 2 aromatic rings. The van der Waals surface area contributed by atoms with Crippen molar-refractivity contribution in [1.29, 1.82) is 0 Å². The molecule has 1 heterocycles. The van der Waals surface area contributed by atoms with Crippen LogP contribution in [0.25, 0.3) is 0 Å². The Balaban J connectivity index is 1.59. The Hall–Kier alpha value is -3.19. The van der Waals surface area contributed by atoms with Gasteiger partial charge < -0.3 is 20.3 Å². The molecule has 0 aromatic heterocycles. The molecule has 7 heteroatoms. The number of hydrogen-bond donors (Lipinski definition) is 2. The van der Waals surface area contributed by atoms with Crippen LogP contribution in [0.15, 0.2) is 42.5 Å². The van der Waals surface area contributed by atoms with Gasteiger partial charge in [0.05, 0.1) is 5.92 Å². The largest absolute Gasteiger partial charge is 0.382 e. The van der Waals surface area contributed by atoms with Gasteiger partial charge in [-0.1, -0.05) is 18.2 Å². The van der Waals surface area contributed by atoms with E-state index in [0.29, 0.717) is 37.6 Å². The molecular weight excluding hydrogens is 406 g/mol. The first-order valence-corrected chi connectivity index (χ1v) is 11.0. The Morgan fingerprint density at radius 2 is 1.94 bits per heavy atom. The van der Waals surface area contributed by atoms with Gasteiger partial charge in [-0.15, -0.1) is 0 Å². The fourth-order valence-electron chi connectivity index (χ4n) is 3.75. The highest BCUT2D eigenvalue weighted by Crippen LogP contribution is 2.30. The molecule has 32 heavy (non-hydrogen) atoms. The van der Waals surface area contributed by atoms with E-state index in [2.05, 4.69) is 10.6 Å². The number of carbonyl (C=O) groups excluding carboxylic acids is 3. The molecular formula is C25H31N3O4. The number of rotatable bonds is 9. The van der Waals surface area contributed by atoms with Crippen LogP contribution in [0.1, 0.15) is 41.3 Å². The topological polar surface area (TPSA) is 87.7 Å². The number of amides is 3. The zero-order valence-electron chi connectivity index (χ0n) is 18.9. The Morgan fingerprint density at radius 1 is 1.16 bits per heavy atom. The zero-order chi connectivity index (χ0) is 23.1. The molecule has 0 bridgehead atoms. The van der Waals surface area contributed by atoms with Crippen LogP contribution in [0, 0.1) is 19.8 Å². The lowest BCUT2D eigenvalue weighted by molar-refractivity contribution is -0.122. The first-order chi connectivity index (χ1) is 15.4. The number of benzene rings is 2. The van der Waals surface area contributed by atoms with E-state index in [1.807, 2.05) is 39.0 Å². The predicted molar refractivity (Wildman–Crippen MR) is 125 cm³/mol. The number of carbonyl (C=O) groups is 3. The monoisotopic (exact) mass is 437 g/mol. The number of nitrogens with zero attached hydrogens (tertiary/aromatic N) is 1. The lowest BCUT2D eigenvalue weighted by Gasteiger charge is -2.20. The minimum absolute atomic E-state index is 0.0565. The zero-order valence-corrected chi connectivity index (χ0v) is 18.9. The molecule has 3 amide bonds. The molecule has 1 atom stereocenters. The van der Waals surface area contributed by atoms with Crippen LogP contribution in [0.4, 0.5) is 11.4 Å². The van der Waals surface area contributed by atoms with Gasteiger partial charge in [0, 0.05) is 49.7 Å². The van der Waals surface area contributed by atoms with E-state index >= 15 is 0 Å². The molecule has 1 aliphatic heterocycles. The fraction of sp³-hybridized carbons (Fsp3) is 0.400. The number of hydrogen-bond acceptors (Lipinski definition) is 4. The van der Waals surface area contributed by atoms with Crippen LogP contribution in [-0.2, 0) is 14.3 Å². The van der Waals surface area contributed by atoms with Crippen LogP contribution < -0.4 is 15.5 Å². The average Bonchev–Trinajstić information content (AvgIpc) is 3.17. The summed E-state index contributed by atoms with van der Waals surface area (Å²) in [7, 11) is 0. The minimum atomic E-state index is -0.446. The van der Waals surface area contributed by atoms with Crippen molar-refractivity contribution >= 4 is 29.1 Å². The quantitative estimate of drug-likeness (QED) is 0.588. The maximum absolute atomic E-state index is 12.8. The molecule has 2 aromatic carbocycles. The molecule has 1 saturated heterocycles. The van der Waals surface area contributed by atoms with Crippen LogP contribution >= 0.6 is 0 Å². The number of anilines is 2. The predicted octanol–water partition coefficient (Wildman–Crippen LogP) is 3.45. The summed E-state index contributed by atoms with van der Waals surface area (Å²) < 4.78 is 5.26. The van der Waals surface area contributed by atoms with Gasteiger partial charge in [-0.3, -0.25) is 14.4 Å². The number of aryl methyl sites for hydroxylation is 1. The van der Waals surface area contributed by atoms with Gasteiger partial charge in [0.2, 0.25) is 11.8 Å². The van der Waals surface area contributed by atoms with Crippen molar-refractivity contribution < 1.29 is 19.1 Å². The van der Waals surface area contributed by atoms with Crippen molar-refractivity contribution in [2.75, 3.05) is 36.5 Å². The molecule has 1 unspecified atom stereocenters. The van der Waals surface area contributed by atoms with Gasteiger partial charge in [0.15, 0.2) is 0 Å². The van der Waals surface area contributed by atoms with E-state index in [9.17, 15) is 14.4 Å². The Bertz CT molecular complexity index is 989. The highest BCUT2D eigenvalue weighted by molar-refractivity contribution is 6.04. The van der Waals surface area contributed by atoms with Crippen LogP contribution in [0.3, 0.4) is 0 Å². The highest BCUT2D eigenvalue weighted by Gasteiger charge is 2.35. The van der Waals surface area contributed by atoms with E-state index in [1.165, 1.54) is 0 Å². The van der Waals surface area contributed by atoms with Crippen LogP contribution in [-0.4, -0.2) is 44.0 Å². The molecule has 170 valence electrons. The number of ether oxygens (including phenoxy) is 1. The maximum Gasteiger partial charge on any atom is 0.251 e. The van der Waals surface area contributed by atoms with Gasteiger partial charge in [0.1, 0.15) is 0 Å². The summed E-state index contributed by atoms with van der Waals surface area (Å²) in [6.07, 6.45) is 0.905. The standard InChI is InChI=1S/C25H31N3O4/c1-4-32-13-7-12-26-24(30)19-9-6-10-21(14-19)27-25(31)20-15-23(29)28(16-20)22-11-5-8-17(2)18(22)3/h5-6,8-11,14,20H,4,7,12-13,15-16H2,1-3H3,(H,26,30)(H,27,31). The van der Waals surface area contributed by atoms with Gasteiger partial charge in [-0.2, -0.15) is 0 Å². The first kappa shape index (κ1) is 23.5. The summed E-state index contributed by atoms with van der Waals surface area (Å²) in [6.45, 7) is 8.05. The molecule has 1 fully saturated rings. The minimum Gasteiger partial charge on any atom is -0.382 e. The Kier molecular flexibility index (Phi) is 8.00.